The average Bonchev–Trinajstić information content (AvgIpc) is 3.29. The van der Waals surface area contributed by atoms with E-state index in [0.29, 0.717) is 11.6 Å². The van der Waals surface area contributed by atoms with Crippen LogP contribution in [0.5, 0.6) is 0 Å². The van der Waals surface area contributed by atoms with E-state index in [1.807, 2.05) is 66.5 Å². The van der Waals surface area contributed by atoms with E-state index in [1.54, 1.807) is 0 Å². The Hall–Kier alpha value is -1.80. The second-order valence-electron chi connectivity index (χ2n) is 5.74. The SMILES string of the molecule is CN(Cc1ccccc1)C(=O)C1(c2cccc(Cl)c2)CC1. The van der Waals surface area contributed by atoms with Crippen LogP contribution in [0, 0.1) is 0 Å². The third-order valence-electron chi connectivity index (χ3n) is 4.15. The minimum atomic E-state index is -0.353. The largest absolute Gasteiger partial charge is 0.341 e. The van der Waals surface area contributed by atoms with Crippen molar-refractivity contribution < 1.29 is 4.79 Å². The highest BCUT2D eigenvalue weighted by Gasteiger charge is 2.52. The van der Waals surface area contributed by atoms with Gasteiger partial charge in [0.1, 0.15) is 0 Å². The topological polar surface area (TPSA) is 20.3 Å². The zero-order chi connectivity index (χ0) is 14.9. The van der Waals surface area contributed by atoms with Gasteiger partial charge in [0.05, 0.1) is 5.41 Å². The monoisotopic (exact) mass is 299 g/mol. The Morgan fingerprint density at radius 3 is 2.48 bits per heavy atom. The van der Waals surface area contributed by atoms with Gasteiger partial charge >= 0.3 is 0 Å². The van der Waals surface area contributed by atoms with Gasteiger partial charge in [-0.25, -0.2) is 0 Å². The summed E-state index contributed by atoms with van der Waals surface area (Å²) >= 11 is 6.07. The molecule has 2 nitrogen and oxygen atoms in total. The minimum absolute atomic E-state index is 0.189. The number of carbonyl (C=O) groups is 1. The number of amides is 1. The first kappa shape index (κ1) is 14.2. The quantitative estimate of drug-likeness (QED) is 0.834. The Balaban J connectivity index is 1.78. The van der Waals surface area contributed by atoms with E-state index in [4.69, 9.17) is 11.6 Å². The molecule has 0 spiro atoms. The molecular formula is C18H18ClNO. The Kier molecular flexibility index (Phi) is 3.73. The summed E-state index contributed by atoms with van der Waals surface area (Å²) in [7, 11) is 1.87. The molecule has 0 aliphatic heterocycles. The van der Waals surface area contributed by atoms with E-state index < -0.39 is 0 Å². The normalized spacial score (nSPS) is 15.5. The van der Waals surface area contributed by atoms with Gasteiger partial charge in [-0.1, -0.05) is 54.1 Å². The number of benzene rings is 2. The van der Waals surface area contributed by atoms with Gasteiger partial charge in [0.2, 0.25) is 5.91 Å². The molecule has 0 N–H and O–H groups in total. The number of hydrogen-bond donors (Lipinski definition) is 0. The summed E-state index contributed by atoms with van der Waals surface area (Å²) in [5, 5.41) is 0.692. The van der Waals surface area contributed by atoms with Crippen molar-refractivity contribution in [3.05, 3.63) is 70.7 Å². The van der Waals surface area contributed by atoms with Crippen LogP contribution in [0.25, 0.3) is 0 Å². The van der Waals surface area contributed by atoms with Crippen LogP contribution in [0.2, 0.25) is 5.02 Å². The van der Waals surface area contributed by atoms with Gasteiger partial charge < -0.3 is 4.90 Å². The molecule has 0 bridgehead atoms. The number of rotatable bonds is 4. The standard InChI is InChI=1S/C18H18ClNO/c1-20(13-14-6-3-2-4-7-14)17(21)18(10-11-18)15-8-5-9-16(19)12-15/h2-9,12H,10-11,13H2,1H3. The predicted molar refractivity (Wildman–Crippen MR) is 85.3 cm³/mol. The van der Waals surface area contributed by atoms with Crippen LogP contribution in [0.4, 0.5) is 0 Å². The Bertz CT molecular complexity index is 649. The summed E-state index contributed by atoms with van der Waals surface area (Å²) in [6, 6.07) is 17.8. The molecule has 1 aliphatic carbocycles. The average molecular weight is 300 g/mol. The van der Waals surface area contributed by atoms with Gasteiger partial charge in [-0.3, -0.25) is 4.79 Å². The Morgan fingerprint density at radius 1 is 1.14 bits per heavy atom. The van der Waals surface area contributed by atoms with Crippen molar-refractivity contribution in [2.24, 2.45) is 0 Å². The second-order valence-corrected chi connectivity index (χ2v) is 6.18. The van der Waals surface area contributed by atoms with Gasteiger partial charge in [-0.15, -0.1) is 0 Å². The zero-order valence-corrected chi connectivity index (χ0v) is 12.8. The van der Waals surface area contributed by atoms with Crippen LogP contribution >= 0.6 is 11.6 Å². The molecule has 2 aromatic rings. The fourth-order valence-electron chi connectivity index (χ4n) is 2.83. The molecule has 0 radical (unpaired) electrons. The summed E-state index contributed by atoms with van der Waals surface area (Å²) < 4.78 is 0. The highest BCUT2D eigenvalue weighted by atomic mass is 35.5. The van der Waals surface area contributed by atoms with Crippen LogP contribution in [0.3, 0.4) is 0 Å². The highest BCUT2D eigenvalue weighted by molar-refractivity contribution is 6.30. The molecule has 3 heteroatoms. The lowest BCUT2D eigenvalue weighted by molar-refractivity contribution is -0.133. The number of hydrogen-bond acceptors (Lipinski definition) is 1. The first-order valence-corrected chi connectivity index (χ1v) is 7.55. The van der Waals surface area contributed by atoms with Crippen molar-refractivity contribution in [3.63, 3.8) is 0 Å². The molecule has 1 amide bonds. The van der Waals surface area contributed by atoms with Crippen LogP contribution in [-0.4, -0.2) is 17.9 Å². The van der Waals surface area contributed by atoms with E-state index in [1.165, 1.54) is 0 Å². The Morgan fingerprint density at radius 2 is 1.86 bits per heavy atom. The molecule has 1 saturated carbocycles. The lowest BCUT2D eigenvalue weighted by Crippen LogP contribution is -2.36. The molecule has 1 fully saturated rings. The molecule has 108 valence electrons. The van der Waals surface area contributed by atoms with Crippen molar-refractivity contribution in [1.29, 1.82) is 0 Å². The van der Waals surface area contributed by atoms with E-state index in [2.05, 4.69) is 0 Å². The van der Waals surface area contributed by atoms with E-state index in [9.17, 15) is 4.79 Å². The summed E-state index contributed by atoms with van der Waals surface area (Å²) in [6.07, 6.45) is 1.82. The van der Waals surface area contributed by atoms with Crippen LogP contribution in [0.1, 0.15) is 24.0 Å². The highest BCUT2D eigenvalue weighted by Crippen LogP contribution is 2.50. The third kappa shape index (κ3) is 2.81. The smallest absolute Gasteiger partial charge is 0.233 e. The summed E-state index contributed by atoms with van der Waals surface area (Å²) in [5.74, 6) is 0.189. The van der Waals surface area contributed by atoms with E-state index in [-0.39, 0.29) is 11.3 Å². The van der Waals surface area contributed by atoms with Crippen LogP contribution in [-0.2, 0) is 16.8 Å². The predicted octanol–water partition coefficient (Wildman–Crippen LogP) is 4.03. The molecule has 0 saturated heterocycles. The van der Waals surface area contributed by atoms with Gasteiger partial charge in [0.15, 0.2) is 0 Å². The molecule has 0 aromatic heterocycles. The minimum Gasteiger partial charge on any atom is -0.341 e. The van der Waals surface area contributed by atoms with Crippen molar-refractivity contribution >= 4 is 17.5 Å². The van der Waals surface area contributed by atoms with E-state index >= 15 is 0 Å². The summed E-state index contributed by atoms with van der Waals surface area (Å²) in [5.41, 5.74) is 1.84. The molecule has 0 heterocycles. The maximum Gasteiger partial charge on any atom is 0.233 e. The molecular weight excluding hydrogens is 282 g/mol. The molecule has 0 unspecified atom stereocenters. The number of nitrogens with zero attached hydrogens (tertiary/aromatic N) is 1. The van der Waals surface area contributed by atoms with E-state index in [0.717, 1.165) is 24.0 Å². The number of halogens is 1. The van der Waals surface area contributed by atoms with Crippen molar-refractivity contribution in [3.8, 4) is 0 Å². The van der Waals surface area contributed by atoms with Crippen LogP contribution < -0.4 is 0 Å². The number of likely N-dealkylation sites (N-methyl/N-ethyl adjacent to an activating group) is 1. The van der Waals surface area contributed by atoms with Gasteiger partial charge in [0.25, 0.3) is 0 Å². The Labute approximate surface area is 130 Å². The molecule has 0 atom stereocenters. The van der Waals surface area contributed by atoms with Crippen LogP contribution in [0.15, 0.2) is 54.6 Å². The fraction of sp³-hybridized carbons (Fsp3) is 0.278. The fourth-order valence-corrected chi connectivity index (χ4v) is 3.02. The number of carbonyl (C=O) groups excluding carboxylic acids is 1. The maximum atomic E-state index is 12.8. The third-order valence-corrected chi connectivity index (χ3v) is 4.38. The first-order valence-electron chi connectivity index (χ1n) is 7.17. The molecule has 3 rings (SSSR count). The summed E-state index contributed by atoms with van der Waals surface area (Å²) in [6.45, 7) is 0.641. The van der Waals surface area contributed by atoms with Gasteiger partial charge in [-0.2, -0.15) is 0 Å². The van der Waals surface area contributed by atoms with Crippen molar-refractivity contribution in [1.82, 2.24) is 4.90 Å². The zero-order valence-electron chi connectivity index (χ0n) is 12.1. The van der Waals surface area contributed by atoms with Crippen molar-refractivity contribution in [2.75, 3.05) is 7.05 Å². The molecule has 2 aromatic carbocycles. The second kappa shape index (κ2) is 5.53. The van der Waals surface area contributed by atoms with Crippen molar-refractivity contribution in [2.45, 2.75) is 24.8 Å². The maximum absolute atomic E-state index is 12.8. The lowest BCUT2D eigenvalue weighted by atomic mass is 9.94. The molecule has 21 heavy (non-hydrogen) atoms. The van der Waals surface area contributed by atoms with Gasteiger partial charge in [-0.05, 0) is 36.1 Å². The molecule has 1 aliphatic rings. The summed E-state index contributed by atoms with van der Waals surface area (Å²) in [4.78, 5) is 14.6. The first-order chi connectivity index (χ1) is 10.1. The lowest BCUT2D eigenvalue weighted by Gasteiger charge is -2.24. The van der Waals surface area contributed by atoms with Gasteiger partial charge in [0, 0.05) is 18.6 Å².